The van der Waals surface area contributed by atoms with Crippen LogP contribution in [0.25, 0.3) is 0 Å². The van der Waals surface area contributed by atoms with Crippen LogP contribution < -0.4 is 22.1 Å². The molecule has 5 nitrogen and oxygen atoms in total. The van der Waals surface area contributed by atoms with Crippen LogP contribution in [-0.4, -0.2) is 44.7 Å². The quantitative estimate of drug-likeness (QED) is 0.388. The first kappa shape index (κ1) is 23.3. The maximum atomic E-state index is 5.27. The second-order valence-electron chi connectivity index (χ2n) is 2.08. The highest BCUT2D eigenvalue weighted by atomic mass is 35.5. The third-order valence-electron chi connectivity index (χ3n) is 1.12. The van der Waals surface area contributed by atoms with Gasteiger partial charge in [-0.1, -0.05) is 0 Å². The Kier molecular flexibility index (Phi) is 40.9. The number of hydrogen-bond donors (Lipinski definition) is 4. The maximum absolute atomic E-state index is 5.27. The Morgan fingerprint density at radius 2 is 1.00 bits per heavy atom. The highest BCUT2D eigenvalue weighted by Crippen LogP contribution is 1.57. The molecule has 0 aromatic carbocycles. The molecule has 0 rings (SSSR count). The second kappa shape index (κ2) is 22.8. The molecule has 7 heteroatoms. The van der Waals surface area contributed by atoms with Crippen LogP contribution in [0.5, 0.6) is 0 Å². The first-order valence-electron chi connectivity index (χ1n) is 3.73. The van der Waals surface area contributed by atoms with Gasteiger partial charge in [-0.3, -0.25) is 0 Å². The van der Waals surface area contributed by atoms with Crippen LogP contribution in [-0.2, 0) is 0 Å². The lowest BCUT2D eigenvalue weighted by Crippen LogP contribution is -2.32. The van der Waals surface area contributed by atoms with Crippen molar-refractivity contribution in [3.05, 3.63) is 0 Å². The zero-order valence-corrected chi connectivity index (χ0v) is 9.35. The molecule has 0 atom stereocenters. The molecule has 13 heavy (non-hydrogen) atoms. The highest BCUT2D eigenvalue weighted by molar-refractivity contribution is 5.85. The van der Waals surface area contributed by atoms with Gasteiger partial charge in [-0.05, 0) is 0 Å². The van der Waals surface area contributed by atoms with Gasteiger partial charge < -0.3 is 27.6 Å². The van der Waals surface area contributed by atoms with E-state index in [-0.39, 0.29) is 30.3 Å². The van der Waals surface area contributed by atoms with E-state index < -0.39 is 0 Å². The first-order valence-corrected chi connectivity index (χ1v) is 3.73. The van der Waals surface area contributed by atoms with Crippen LogP contribution in [0.1, 0.15) is 0 Å². The number of hydrogen-bond acceptors (Lipinski definition) is 4. The van der Waals surface area contributed by atoms with E-state index in [1.54, 1.807) is 0 Å². The molecule has 86 valence electrons. The van der Waals surface area contributed by atoms with Gasteiger partial charge in [0.05, 0.1) is 0 Å². The average Bonchev–Trinajstić information content (AvgIpc) is 1.97. The van der Waals surface area contributed by atoms with Crippen molar-refractivity contribution in [1.82, 2.24) is 10.6 Å². The lowest BCUT2D eigenvalue weighted by molar-refractivity contribution is 0.618. The Bertz CT molecular complexity index is 62.6. The monoisotopic (exact) mass is 236 g/mol. The van der Waals surface area contributed by atoms with Gasteiger partial charge in [0, 0.05) is 39.3 Å². The Morgan fingerprint density at radius 1 is 0.692 bits per heavy atom. The maximum Gasteiger partial charge on any atom is 0.00772 e. The van der Waals surface area contributed by atoms with Gasteiger partial charge in [0.1, 0.15) is 0 Å². The summed E-state index contributed by atoms with van der Waals surface area (Å²) in [6, 6.07) is 0. The molecule has 0 spiro atoms. The lowest BCUT2D eigenvalue weighted by atomic mass is 10.5. The van der Waals surface area contributed by atoms with E-state index in [2.05, 4.69) is 10.6 Å². The number of rotatable bonds is 7. The molecule has 0 aliphatic rings. The van der Waals surface area contributed by atoms with Crippen molar-refractivity contribution in [3.63, 3.8) is 0 Å². The fourth-order valence-electron chi connectivity index (χ4n) is 0.631. The summed E-state index contributed by atoms with van der Waals surface area (Å²) in [7, 11) is 0. The van der Waals surface area contributed by atoms with Crippen molar-refractivity contribution in [3.8, 4) is 0 Å². The number of nitrogens with two attached hydrogens (primary N) is 2. The summed E-state index contributed by atoms with van der Waals surface area (Å²) in [5, 5.41) is 6.33. The predicted molar refractivity (Wildman–Crippen MR) is 62.0 cm³/mol. The van der Waals surface area contributed by atoms with Gasteiger partial charge in [-0.2, -0.15) is 0 Å². The minimum absolute atomic E-state index is 0. The molecule has 0 aliphatic carbocycles. The lowest BCUT2D eigenvalue weighted by Gasteiger charge is -2.03. The van der Waals surface area contributed by atoms with Gasteiger partial charge in [0.25, 0.3) is 0 Å². The van der Waals surface area contributed by atoms with E-state index >= 15 is 0 Å². The third-order valence-corrected chi connectivity index (χ3v) is 1.12. The zero-order valence-electron chi connectivity index (χ0n) is 7.71. The van der Waals surface area contributed by atoms with Crippen LogP contribution in [0.4, 0.5) is 0 Å². The molecule has 0 bridgehead atoms. The van der Waals surface area contributed by atoms with E-state index in [9.17, 15) is 0 Å². The van der Waals surface area contributed by atoms with E-state index in [0.29, 0.717) is 13.1 Å². The van der Waals surface area contributed by atoms with E-state index in [0.717, 1.165) is 26.2 Å². The molecular weight excluding hydrogens is 215 g/mol. The van der Waals surface area contributed by atoms with Crippen molar-refractivity contribution in [2.24, 2.45) is 11.5 Å². The summed E-state index contributed by atoms with van der Waals surface area (Å²) in [5.74, 6) is 0. The molecule has 0 aromatic heterocycles. The summed E-state index contributed by atoms with van der Waals surface area (Å²) in [4.78, 5) is 0. The van der Waals surface area contributed by atoms with Gasteiger partial charge in [-0.15, -0.1) is 24.8 Å². The molecule has 8 N–H and O–H groups in total. The Balaban J connectivity index is -0.000000135. The molecule has 0 unspecified atom stereocenters. The molecule has 0 fully saturated rings. The minimum atomic E-state index is 0. The van der Waals surface area contributed by atoms with Crippen LogP contribution in [0.2, 0.25) is 0 Å². The minimum Gasteiger partial charge on any atom is -0.412 e. The molecule has 0 aliphatic heterocycles. The predicted octanol–water partition coefficient (Wildman–Crippen LogP) is -1.90. The smallest absolute Gasteiger partial charge is 0.00772 e. The van der Waals surface area contributed by atoms with Crippen molar-refractivity contribution < 1.29 is 5.48 Å². The summed E-state index contributed by atoms with van der Waals surface area (Å²) in [6.45, 7) is 5.14. The van der Waals surface area contributed by atoms with Gasteiger partial charge in [0.15, 0.2) is 0 Å². The van der Waals surface area contributed by atoms with Gasteiger partial charge in [0.2, 0.25) is 0 Å². The molecule has 0 heterocycles. The van der Waals surface area contributed by atoms with Crippen LogP contribution in [0.15, 0.2) is 0 Å². The summed E-state index contributed by atoms with van der Waals surface area (Å²) in [6.07, 6.45) is 0. The van der Waals surface area contributed by atoms with Crippen LogP contribution >= 0.6 is 24.8 Å². The Labute approximate surface area is 92.1 Å². The highest BCUT2D eigenvalue weighted by Gasteiger charge is 1.83. The van der Waals surface area contributed by atoms with Crippen molar-refractivity contribution in [2.75, 3.05) is 39.3 Å². The molecule has 0 saturated heterocycles. The standard InChI is InChI=1S/C6H18N4.2ClH.H2O/c7-1-3-9-5-6-10-4-2-8;;;/h9-10H,1-8H2;2*1H;1H2. The van der Waals surface area contributed by atoms with Crippen LogP contribution in [0.3, 0.4) is 0 Å². The topological polar surface area (TPSA) is 108 Å². The summed E-state index contributed by atoms with van der Waals surface area (Å²) in [5.41, 5.74) is 10.5. The van der Waals surface area contributed by atoms with Gasteiger partial charge in [-0.25, -0.2) is 0 Å². The fourth-order valence-corrected chi connectivity index (χ4v) is 0.631. The molecule has 0 saturated carbocycles. The van der Waals surface area contributed by atoms with Gasteiger partial charge >= 0.3 is 0 Å². The molecular formula is C6H22Cl2N4O. The summed E-state index contributed by atoms with van der Waals surface area (Å²) < 4.78 is 0. The number of nitrogens with one attached hydrogen (secondary N) is 2. The van der Waals surface area contributed by atoms with E-state index in [4.69, 9.17) is 11.5 Å². The van der Waals surface area contributed by atoms with Crippen molar-refractivity contribution >= 4 is 24.8 Å². The Hall–Kier alpha value is 0.380. The second-order valence-corrected chi connectivity index (χ2v) is 2.08. The van der Waals surface area contributed by atoms with E-state index in [1.807, 2.05) is 0 Å². The average molecular weight is 237 g/mol. The molecule has 0 aromatic rings. The fraction of sp³-hybridized carbons (Fsp3) is 1.00. The largest absolute Gasteiger partial charge is 0.412 e. The van der Waals surface area contributed by atoms with Crippen LogP contribution in [0, 0.1) is 0 Å². The van der Waals surface area contributed by atoms with Crippen molar-refractivity contribution in [2.45, 2.75) is 0 Å². The molecule has 0 amide bonds. The molecule has 0 radical (unpaired) electrons. The third kappa shape index (κ3) is 24.5. The normalized spacial score (nSPS) is 7.85. The number of halogens is 2. The van der Waals surface area contributed by atoms with Crippen molar-refractivity contribution in [1.29, 1.82) is 0 Å². The first-order chi connectivity index (χ1) is 4.91. The summed E-state index contributed by atoms with van der Waals surface area (Å²) >= 11 is 0. The zero-order chi connectivity index (χ0) is 7.66. The SMILES string of the molecule is Cl.Cl.NCCNCCNCCN.O. The Morgan fingerprint density at radius 3 is 1.23 bits per heavy atom. The van der Waals surface area contributed by atoms with E-state index in [1.165, 1.54) is 0 Å².